The number of nitrogens with zero attached hydrogens (tertiary/aromatic N) is 3. The van der Waals surface area contributed by atoms with Gasteiger partial charge in [-0.15, -0.1) is 0 Å². The van der Waals surface area contributed by atoms with Gasteiger partial charge in [-0.1, -0.05) is 13.8 Å². The number of aromatic nitrogens is 1. The van der Waals surface area contributed by atoms with E-state index in [2.05, 4.69) is 35.1 Å². The van der Waals surface area contributed by atoms with Crippen molar-refractivity contribution < 1.29 is 0 Å². The summed E-state index contributed by atoms with van der Waals surface area (Å²) in [6.45, 7) is 8.96. The zero-order valence-electron chi connectivity index (χ0n) is 11.8. The summed E-state index contributed by atoms with van der Waals surface area (Å²) in [7, 11) is 0. The zero-order valence-corrected chi connectivity index (χ0v) is 11.8. The molecule has 0 unspecified atom stereocenters. The van der Waals surface area contributed by atoms with Crippen LogP contribution in [0.3, 0.4) is 0 Å². The largest absolute Gasteiger partial charge is 0.369 e. The number of hydrogen-bond donors (Lipinski definition) is 1. The number of nitriles is 1. The first-order valence-corrected chi connectivity index (χ1v) is 7.00. The average Bonchev–Trinajstić information content (AvgIpc) is 2.83. The minimum absolute atomic E-state index is 0.625. The van der Waals surface area contributed by atoms with Gasteiger partial charge in [-0.25, -0.2) is 4.98 Å². The highest BCUT2D eigenvalue weighted by atomic mass is 15.2. The van der Waals surface area contributed by atoms with Gasteiger partial charge in [-0.2, -0.15) is 5.26 Å². The van der Waals surface area contributed by atoms with E-state index in [9.17, 15) is 0 Å². The Labute approximate surface area is 115 Å². The molecule has 1 aromatic heterocycles. The van der Waals surface area contributed by atoms with Crippen LogP contribution in [0.4, 0.5) is 5.82 Å². The van der Waals surface area contributed by atoms with Crippen molar-refractivity contribution in [3.05, 3.63) is 23.9 Å². The van der Waals surface area contributed by atoms with Crippen LogP contribution >= 0.6 is 0 Å². The van der Waals surface area contributed by atoms with E-state index in [1.807, 2.05) is 0 Å². The molecular weight excluding hydrogens is 236 g/mol. The molecule has 4 heteroatoms. The summed E-state index contributed by atoms with van der Waals surface area (Å²) in [5.41, 5.74) is 0.625. The van der Waals surface area contributed by atoms with Crippen LogP contribution in [-0.2, 0) is 0 Å². The van der Waals surface area contributed by atoms with Crippen LogP contribution in [0.2, 0.25) is 0 Å². The van der Waals surface area contributed by atoms with Crippen LogP contribution in [0.1, 0.15) is 25.8 Å². The molecular formula is C15H22N4. The van der Waals surface area contributed by atoms with Crippen molar-refractivity contribution in [1.82, 2.24) is 9.88 Å². The molecule has 2 rings (SSSR count). The molecule has 1 fully saturated rings. The van der Waals surface area contributed by atoms with Gasteiger partial charge in [0.05, 0.1) is 5.56 Å². The van der Waals surface area contributed by atoms with E-state index in [1.54, 1.807) is 18.3 Å². The van der Waals surface area contributed by atoms with E-state index in [-0.39, 0.29) is 0 Å². The molecule has 1 saturated heterocycles. The highest BCUT2D eigenvalue weighted by molar-refractivity contribution is 5.51. The monoisotopic (exact) mass is 258 g/mol. The van der Waals surface area contributed by atoms with E-state index >= 15 is 0 Å². The first-order chi connectivity index (χ1) is 9.19. The second-order valence-electron chi connectivity index (χ2n) is 5.70. The summed E-state index contributed by atoms with van der Waals surface area (Å²) in [5.74, 6) is 2.10. The van der Waals surface area contributed by atoms with E-state index in [1.165, 1.54) is 19.5 Å². The van der Waals surface area contributed by atoms with E-state index in [4.69, 9.17) is 5.26 Å². The lowest BCUT2D eigenvalue weighted by atomic mass is 10.1. The van der Waals surface area contributed by atoms with Crippen molar-refractivity contribution in [2.24, 2.45) is 11.8 Å². The average molecular weight is 258 g/mol. The Morgan fingerprint density at radius 2 is 2.42 bits per heavy atom. The first-order valence-electron chi connectivity index (χ1n) is 7.00. The molecule has 1 atom stereocenters. The lowest BCUT2D eigenvalue weighted by Crippen LogP contribution is -2.26. The Morgan fingerprint density at radius 1 is 1.58 bits per heavy atom. The molecule has 0 aromatic carbocycles. The number of pyridine rings is 1. The van der Waals surface area contributed by atoms with Crippen LogP contribution in [-0.4, -0.2) is 36.1 Å². The number of anilines is 1. The van der Waals surface area contributed by atoms with Gasteiger partial charge in [-0.3, -0.25) is 0 Å². The molecule has 0 saturated carbocycles. The fourth-order valence-electron chi connectivity index (χ4n) is 2.64. The molecule has 19 heavy (non-hydrogen) atoms. The van der Waals surface area contributed by atoms with Crippen molar-refractivity contribution in [3.8, 4) is 6.07 Å². The highest BCUT2D eigenvalue weighted by Crippen LogP contribution is 2.18. The standard InChI is InChI=1S/C15H22N4/c1-12(2)10-19-7-5-13(11-19)9-18-15-14(8-16)4-3-6-17-15/h3-4,6,12-13H,5,7,9-11H2,1-2H3,(H,17,18)/t13-/m1/s1. The second-order valence-corrected chi connectivity index (χ2v) is 5.70. The fourth-order valence-corrected chi connectivity index (χ4v) is 2.64. The van der Waals surface area contributed by atoms with Crippen molar-refractivity contribution in [3.63, 3.8) is 0 Å². The van der Waals surface area contributed by atoms with Gasteiger partial charge in [0.1, 0.15) is 11.9 Å². The Morgan fingerprint density at radius 3 is 3.16 bits per heavy atom. The summed E-state index contributed by atoms with van der Waals surface area (Å²) in [6, 6.07) is 5.77. The molecule has 1 N–H and O–H groups in total. The molecule has 4 nitrogen and oxygen atoms in total. The molecule has 0 amide bonds. The number of hydrogen-bond acceptors (Lipinski definition) is 4. The van der Waals surface area contributed by atoms with Gasteiger partial charge in [-0.05, 0) is 36.9 Å². The van der Waals surface area contributed by atoms with Crippen LogP contribution in [0, 0.1) is 23.2 Å². The maximum atomic E-state index is 9.01. The van der Waals surface area contributed by atoms with Gasteiger partial charge < -0.3 is 10.2 Å². The maximum absolute atomic E-state index is 9.01. The Bertz CT molecular complexity index is 450. The van der Waals surface area contributed by atoms with Gasteiger partial charge in [0.15, 0.2) is 0 Å². The van der Waals surface area contributed by atoms with Crippen LogP contribution < -0.4 is 5.32 Å². The number of rotatable bonds is 5. The van der Waals surface area contributed by atoms with Gasteiger partial charge in [0, 0.05) is 25.8 Å². The van der Waals surface area contributed by atoms with Gasteiger partial charge in [0.2, 0.25) is 0 Å². The minimum atomic E-state index is 0.625. The number of nitrogens with one attached hydrogen (secondary N) is 1. The second kappa shape index (κ2) is 6.53. The van der Waals surface area contributed by atoms with Crippen molar-refractivity contribution >= 4 is 5.82 Å². The predicted molar refractivity (Wildman–Crippen MR) is 76.8 cm³/mol. The lowest BCUT2D eigenvalue weighted by Gasteiger charge is -2.18. The van der Waals surface area contributed by atoms with E-state index < -0.39 is 0 Å². The Kier molecular flexibility index (Phi) is 4.75. The van der Waals surface area contributed by atoms with Crippen LogP contribution in [0.15, 0.2) is 18.3 Å². The van der Waals surface area contributed by atoms with Crippen molar-refractivity contribution in [2.45, 2.75) is 20.3 Å². The Hall–Kier alpha value is -1.60. The quantitative estimate of drug-likeness (QED) is 0.880. The summed E-state index contributed by atoms with van der Waals surface area (Å²) < 4.78 is 0. The maximum Gasteiger partial charge on any atom is 0.143 e. The summed E-state index contributed by atoms with van der Waals surface area (Å²) in [6.07, 6.45) is 2.96. The molecule has 1 aliphatic rings. The molecule has 1 aliphatic heterocycles. The minimum Gasteiger partial charge on any atom is -0.369 e. The van der Waals surface area contributed by atoms with Crippen LogP contribution in [0.25, 0.3) is 0 Å². The third-order valence-electron chi connectivity index (χ3n) is 3.48. The molecule has 102 valence electrons. The van der Waals surface area contributed by atoms with Crippen molar-refractivity contribution in [2.75, 3.05) is 31.5 Å². The molecule has 0 spiro atoms. The summed E-state index contributed by atoms with van der Waals surface area (Å²) >= 11 is 0. The smallest absolute Gasteiger partial charge is 0.143 e. The fraction of sp³-hybridized carbons (Fsp3) is 0.600. The summed E-state index contributed by atoms with van der Waals surface area (Å²) in [5, 5.41) is 12.3. The van der Waals surface area contributed by atoms with Gasteiger partial charge >= 0.3 is 0 Å². The number of likely N-dealkylation sites (tertiary alicyclic amines) is 1. The first kappa shape index (κ1) is 13.8. The van der Waals surface area contributed by atoms with Crippen LogP contribution in [0.5, 0.6) is 0 Å². The SMILES string of the molecule is CC(C)CN1CC[C@H](CNc2ncccc2C#N)C1. The van der Waals surface area contributed by atoms with Crippen molar-refractivity contribution in [1.29, 1.82) is 5.26 Å². The molecule has 0 bridgehead atoms. The van der Waals surface area contributed by atoms with E-state index in [0.717, 1.165) is 19.0 Å². The lowest BCUT2D eigenvalue weighted by molar-refractivity contribution is 0.289. The zero-order chi connectivity index (χ0) is 13.7. The highest BCUT2D eigenvalue weighted by Gasteiger charge is 2.22. The predicted octanol–water partition coefficient (Wildman–Crippen LogP) is 2.34. The molecule has 1 aromatic rings. The molecule has 0 aliphatic carbocycles. The van der Waals surface area contributed by atoms with Gasteiger partial charge in [0.25, 0.3) is 0 Å². The third-order valence-corrected chi connectivity index (χ3v) is 3.48. The van der Waals surface area contributed by atoms with E-state index in [0.29, 0.717) is 17.3 Å². The Balaban J connectivity index is 1.82. The topological polar surface area (TPSA) is 52.0 Å². The summed E-state index contributed by atoms with van der Waals surface area (Å²) in [4.78, 5) is 6.76. The third kappa shape index (κ3) is 3.93. The molecule has 0 radical (unpaired) electrons. The normalized spacial score (nSPS) is 19.6. The molecule has 2 heterocycles.